The third-order valence-corrected chi connectivity index (χ3v) is 7.45. The van der Waals surface area contributed by atoms with Gasteiger partial charge in [0.1, 0.15) is 0 Å². The molecule has 0 amide bonds. The van der Waals surface area contributed by atoms with Crippen LogP contribution < -0.4 is 5.32 Å². The summed E-state index contributed by atoms with van der Waals surface area (Å²) < 4.78 is 25.4. The van der Waals surface area contributed by atoms with Gasteiger partial charge in [0.2, 0.25) is 0 Å². The fourth-order valence-electron chi connectivity index (χ4n) is 3.87. The van der Waals surface area contributed by atoms with Crippen LogP contribution in [0.4, 0.5) is 0 Å². The van der Waals surface area contributed by atoms with E-state index in [9.17, 15) is 8.42 Å². The second-order valence-corrected chi connectivity index (χ2v) is 9.12. The summed E-state index contributed by atoms with van der Waals surface area (Å²) in [6, 6.07) is 8.23. The van der Waals surface area contributed by atoms with Gasteiger partial charge in [-0.05, 0) is 42.9 Å². The van der Waals surface area contributed by atoms with Crippen LogP contribution in [0.15, 0.2) is 28.7 Å². The molecule has 2 aliphatic heterocycles. The number of rotatable bonds is 1. The molecule has 1 aromatic carbocycles. The Morgan fingerprint density at radius 1 is 1.25 bits per heavy atom. The van der Waals surface area contributed by atoms with E-state index in [1.54, 1.807) is 0 Å². The zero-order valence-electron chi connectivity index (χ0n) is 11.4. The fourth-order valence-corrected chi connectivity index (χ4v) is 6.53. The maximum atomic E-state index is 12.2. The Labute approximate surface area is 129 Å². The topological polar surface area (TPSA) is 46.2 Å². The van der Waals surface area contributed by atoms with Gasteiger partial charge in [-0.15, -0.1) is 0 Å². The van der Waals surface area contributed by atoms with Crippen LogP contribution in [-0.2, 0) is 9.84 Å². The third kappa shape index (κ3) is 2.68. The SMILES string of the molecule is O=S1(=O)CCCC2(CCNCC2c2ccccc2Br)C1. The van der Waals surface area contributed by atoms with Crippen LogP contribution in [-0.4, -0.2) is 33.0 Å². The van der Waals surface area contributed by atoms with Crippen molar-refractivity contribution < 1.29 is 8.42 Å². The van der Waals surface area contributed by atoms with Crippen LogP contribution in [0.25, 0.3) is 0 Å². The Morgan fingerprint density at radius 3 is 2.80 bits per heavy atom. The van der Waals surface area contributed by atoms with E-state index in [1.807, 2.05) is 12.1 Å². The first kappa shape index (κ1) is 14.5. The monoisotopic (exact) mass is 357 g/mol. The van der Waals surface area contributed by atoms with Gasteiger partial charge in [0.25, 0.3) is 0 Å². The summed E-state index contributed by atoms with van der Waals surface area (Å²) in [5, 5.41) is 3.44. The van der Waals surface area contributed by atoms with Crippen molar-refractivity contribution in [3.63, 3.8) is 0 Å². The third-order valence-electron chi connectivity index (χ3n) is 4.81. The van der Waals surface area contributed by atoms with Gasteiger partial charge < -0.3 is 5.32 Å². The van der Waals surface area contributed by atoms with E-state index in [4.69, 9.17) is 0 Å². The molecule has 1 N–H and O–H groups in total. The van der Waals surface area contributed by atoms with E-state index < -0.39 is 9.84 Å². The molecular formula is C15H20BrNO2S. The van der Waals surface area contributed by atoms with Gasteiger partial charge in [0.15, 0.2) is 9.84 Å². The molecule has 3 nitrogen and oxygen atoms in total. The predicted octanol–water partition coefficient (Wildman–Crippen LogP) is 2.72. The molecule has 1 spiro atoms. The Hall–Kier alpha value is -0.390. The van der Waals surface area contributed by atoms with Crippen LogP contribution in [0.1, 0.15) is 30.7 Å². The Morgan fingerprint density at radius 2 is 2.05 bits per heavy atom. The summed E-state index contributed by atoms with van der Waals surface area (Å²) in [5.41, 5.74) is 1.17. The van der Waals surface area contributed by atoms with Gasteiger partial charge in [-0.2, -0.15) is 0 Å². The summed E-state index contributed by atoms with van der Waals surface area (Å²) in [4.78, 5) is 0. The highest BCUT2D eigenvalue weighted by Crippen LogP contribution is 2.49. The lowest BCUT2D eigenvalue weighted by molar-refractivity contribution is 0.168. The first-order valence-electron chi connectivity index (χ1n) is 7.18. The largest absolute Gasteiger partial charge is 0.316 e. The minimum atomic E-state index is -2.89. The smallest absolute Gasteiger partial charge is 0.150 e. The minimum absolute atomic E-state index is 0.0772. The Bertz CT molecular complexity index is 598. The van der Waals surface area contributed by atoms with Gasteiger partial charge in [-0.25, -0.2) is 8.42 Å². The molecule has 0 saturated carbocycles. The van der Waals surface area contributed by atoms with Crippen LogP contribution in [0, 0.1) is 5.41 Å². The maximum Gasteiger partial charge on any atom is 0.150 e. The van der Waals surface area contributed by atoms with Crippen molar-refractivity contribution in [2.24, 2.45) is 5.41 Å². The Kier molecular flexibility index (Phi) is 3.95. The van der Waals surface area contributed by atoms with Crippen molar-refractivity contribution in [1.82, 2.24) is 5.32 Å². The molecule has 2 atom stereocenters. The van der Waals surface area contributed by atoms with Crippen molar-refractivity contribution in [3.8, 4) is 0 Å². The normalized spacial score (nSPS) is 33.1. The zero-order chi connectivity index (χ0) is 14.2. The number of hydrogen-bond donors (Lipinski definition) is 1. The highest BCUT2D eigenvalue weighted by Gasteiger charge is 2.46. The van der Waals surface area contributed by atoms with Crippen LogP contribution in [0.3, 0.4) is 0 Å². The molecule has 2 unspecified atom stereocenters. The molecule has 0 bridgehead atoms. The van der Waals surface area contributed by atoms with Crippen molar-refractivity contribution in [2.75, 3.05) is 24.6 Å². The first-order valence-corrected chi connectivity index (χ1v) is 9.79. The summed E-state index contributed by atoms with van der Waals surface area (Å²) in [6.45, 7) is 1.80. The first-order chi connectivity index (χ1) is 9.53. The second kappa shape index (κ2) is 5.43. The molecular weight excluding hydrogens is 338 g/mol. The van der Waals surface area contributed by atoms with Gasteiger partial charge in [-0.3, -0.25) is 0 Å². The lowest BCUT2D eigenvalue weighted by atomic mass is 9.66. The zero-order valence-corrected chi connectivity index (χ0v) is 13.8. The summed E-state index contributed by atoms with van der Waals surface area (Å²) in [6.07, 6.45) is 2.79. The van der Waals surface area contributed by atoms with E-state index in [1.165, 1.54) is 5.56 Å². The summed E-state index contributed by atoms with van der Waals surface area (Å²) >= 11 is 3.63. The molecule has 0 radical (unpaired) electrons. The van der Waals surface area contributed by atoms with E-state index in [2.05, 4.69) is 33.4 Å². The molecule has 2 fully saturated rings. The number of piperidine rings is 1. The van der Waals surface area contributed by atoms with E-state index >= 15 is 0 Å². The maximum absolute atomic E-state index is 12.2. The molecule has 5 heteroatoms. The summed E-state index contributed by atoms with van der Waals surface area (Å²) in [5.74, 6) is 1.00. The fraction of sp³-hybridized carbons (Fsp3) is 0.600. The standard InChI is InChI=1S/C15H20BrNO2S/c16-14-5-2-1-4-12(14)13-10-17-8-7-15(13)6-3-9-20(18,19)11-15/h1-2,4-5,13,17H,3,6-11H2. The van der Waals surface area contributed by atoms with E-state index in [-0.39, 0.29) is 11.3 Å². The van der Waals surface area contributed by atoms with Crippen LogP contribution in [0.5, 0.6) is 0 Å². The highest BCUT2D eigenvalue weighted by molar-refractivity contribution is 9.10. The van der Waals surface area contributed by atoms with Crippen molar-refractivity contribution in [1.29, 1.82) is 0 Å². The van der Waals surface area contributed by atoms with E-state index in [0.717, 1.165) is 36.8 Å². The lowest BCUT2D eigenvalue weighted by Crippen LogP contribution is -2.49. The molecule has 110 valence electrons. The van der Waals surface area contributed by atoms with Gasteiger partial charge in [0.05, 0.1) is 11.5 Å². The number of sulfone groups is 1. The molecule has 3 rings (SSSR count). The van der Waals surface area contributed by atoms with Crippen LogP contribution in [0.2, 0.25) is 0 Å². The highest BCUT2D eigenvalue weighted by atomic mass is 79.9. The van der Waals surface area contributed by atoms with Crippen molar-refractivity contribution >= 4 is 25.8 Å². The Balaban J connectivity index is 2.01. The van der Waals surface area contributed by atoms with Crippen molar-refractivity contribution in [2.45, 2.75) is 25.2 Å². The molecule has 2 aliphatic rings. The number of hydrogen-bond acceptors (Lipinski definition) is 3. The molecule has 20 heavy (non-hydrogen) atoms. The van der Waals surface area contributed by atoms with Crippen LogP contribution >= 0.6 is 15.9 Å². The minimum Gasteiger partial charge on any atom is -0.316 e. The predicted molar refractivity (Wildman–Crippen MR) is 84.7 cm³/mol. The number of nitrogens with one attached hydrogen (secondary N) is 1. The molecule has 0 aromatic heterocycles. The molecule has 2 saturated heterocycles. The molecule has 1 aromatic rings. The lowest BCUT2D eigenvalue weighted by Gasteiger charge is -2.47. The summed E-state index contributed by atoms with van der Waals surface area (Å²) in [7, 11) is -2.89. The number of benzene rings is 1. The van der Waals surface area contributed by atoms with Gasteiger partial charge in [0, 0.05) is 16.9 Å². The second-order valence-electron chi connectivity index (χ2n) is 6.09. The van der Waals surface area contributed by atoms with Crippen molar-refractivity contribution in [3.05, 3.63) is 34.3 Å². The van der Waals surface area contributed by atoms with E-state index in [0.29, 0.717) is 11.5 Å². The average Bonchev–Trinajstić information content (AvgIpc) is 2.39. The van der Waals surface area contributed by atoms with Gasteiger partial charge in [-0.1, -0.05) is 34.1 Å². The van der Waals surface area contributed by atoms with Gasteiger partial charge >= 0.3 is 0 Å². The average molecular weight is 358 g/mol. The molecule has 2 heterocycles. The quantitative estimate of drug-likeness (QED) is 0.840. The molecule has 0 aliphatic carbocycles. The number of halogens is 1.